The molecule has 0 heterocycles. The molecule has 0 aliphatic rings. The van der Waals surface area contributed by atoms with E-state index in [1.165, 1.54) is 6.21 Å². The highest BCUT2D eigenvalue weighted by atomic mass is 16.5. The van der Waals surface area contributed by atoms with E-state index >= 15 is 0 Å². The molecule has 0 radical (unpaired) electrons. The van der Waals surface area contributed by atoms with Gasteiger partial charge in [-0.1, -0.05) is 60.7 Å². The third kappa shape index (κ3) is 7.42. The van der Waals surface area contributed by atoms with Gasteiger partial charge in [0.05, 0.1) is 6.21 Å². The van der Waals surface area contributed by atoms with Crippen LogP contribution >= 0.6 is 0 Å². The quantitative estimate of drug-likeness (QED) is 0.290. The number of anilines is 1. The zero-order chi connectivity index (χ0) is 22.6. The summed E-state index contributed by atoms with van der Waals surface area (Å²) in [6.07, 6.45) is 1.37. The number of para-hydroxylation sites is 1. The smallest absolute Gasteiger partial charge is 0.329 e. The van der Waals surface area contributed by atoms with E-state index in [0.29, 0.717) is 17.0 Å². The summed E-state index contributed by atoms with van der Waals surface area (Å²) in [4.78, 5) is 35.7. The molecule has 162 valence electrons. The average Bonchev–Trinajstić information content (AvgIpc) is 2.83. The molecule has 0 unspecified atom stereocenters. The second-order valence-electron chi connectivity index (χ2n) is 6.64. The lowest BCUT2D eigenvalue weighted by Crippen LogP contribution is -2.37. The van der Waals surface area contributed by atoms with E-state index in [4.69, 9.17) is 4.74 Å². The Morgan fingerprint density at radius 2 is 1.56 bits per heavy atom. The molecule has 0 atom stereocenters. The van der Waals surface area contributed by atoms with Crippen molar-refractivity contribution in [3.8, 4) is 5.75 Å². The Hall–Kier alpha value is -4.46. The van der Waals surface area contributed by atoms with Crippen molar-refractivity contribution in [1.82, 2.24) is 10.7 Å². The Labute approximate surface area is 185 Å². The molecular formula is C24H22N4O4. The molecule has 3 aromatic carbocycles. The first-order valence-corrected chi connectivity index (χ1v) is 9.83. The van der Waals surface area contributed by atoms with Gasteiger partial charge < -0.3 is 15.4 Å². The summed E-state index contributed by atoms with van der Waals surface area (Å²) in [6, 6.07) is 25.1. The number of hydrogen-bond donors (Lipinski definition) is 3. The molecule has 0 spiro atoms. The topological polar surface area (TPSA) is 109 Å². The lowest BCUT2D eigenvalue weighted by Gasteiger charge is -2.08. The maximum absolute atomic E-state index is 12.0. The number of nitrogens with zero attached hydrogens (tertiary/aromatic N) is 1. The number of hydrogen-bond acceptors (Lipinski definition) is 5. The van der Waals surface area contributed by atoms with E-state index < -0.39 is 11.8 Å². The molecule has 0 saturated carbocycles. The number of amides is 3. The van der Waals surface area contributed by atoms with Gasteiger partial charge in [-0.2, -0.15) is 5.10 Å². The molecule has 0 aromatic heterocycles. The van der Waals surface area contributed by atoms with Crippen molar-refractivity contribution < 1.29 is 19.1 Å². The van der Waals surface area contributed by atoms with Gasteiger partial charge in [-0.15, -0.1) is 0 Å². The van der Waals surface area contributed by atoms with Crippen molar-refractivity contribution in [2.75, 3.05) is 11.9 Å². The van der Waals surface area contributed by atoms with Crippen LogP contribution in [0, 0.1) is 0 Å². The number of benzene rings is 3. The van der Waals surface area contributed by atoms with Crippen molar-refractivity contribution in [2.24, 2.45) is 5.10 Å². The molecular weight excluding hydrogens is 408 g/mol. The first kappa shape index (κ1) is 22.2. The monoisotopic (exact) mass is 430 g/mol. The molecule has 0 aliphatic heterocycles. The molecule has 3 aromatic rings. The normalized spacial score (nSPS) is 10.4. The standard InChI is InChI=1S/C24H22N4O4/c29-22(27-20-11-5-2-6-12-20)17-32-21-13-7-10-19(14-21)16-26-28-24(31)23(30)25-15-18-8-3-1-4-9-18/h1-14,16H,15,17H2,(H,25,30)(H,27,29)(H,28,31)/b26-16-. The number of nitrogens with one attached hydrogen (secondary N) is 3. The highest BCUT2D eigenvalue weighted by Crippen LogP contribution is 2.12. The summed E-state index contributed by atoms with van der Waals surface area (Å²) in [7, 11) is 0. The minimum Gasteiger partial charge on any atom is -0.484 e. The number of ether oxygens (including phenoxy) is 1. The molecule has 3 amide bonds. The second-order valence-corrected chi connectivity index (χ2v) is 6.64. The van der Waals surface area contributed by atoms with E-state index in [9.17, 15) is 14.4 Å². The van der Waals surface area contributed by atoms with E-state index in [1.807, 2.05) is 48.5 Å². The second kappa shape index (κ2) is 11.7. The highest BCUT2D eigenvalue weighted by Gasteiger charge is 2.11. The van der Waals surface area contributed by atoms with Crippen LogP contribution in [0.15, 0.2) is 90.0 Å². The Balaban J connectivity index is 1.43. The third-order valence-corrected chi connectivity index (χ3v) is 4.17. The first-order chi connectivity index (χ1) is 15.6. The van der Waals surface area contributed by atoms with Crippen LogP contribution in [0.2, 0.25) is 0 Å². The van der Waals surface area contributed by atoms with Crippen LogP contribution in [-0.2, 0) is 20.9 Å². The van der Waals surface area contributed by atoms with Crippen LogP contribution in [0.25, 0.3) is 0 Å². The van der Waals surface area contributed by atoms with Gasteiger partial charge in [0, 0.05) is 12.2 Å². The maximum atomic E-state index is 12.0. The minimum absolute atomic E-state index is 0.159. The fourth-order valence-electron chi connectivity index (χ4n) is 2.63. The van der Waals surface area contributed by atoms with Crippen molar-refractivity contribution in [3.63, 3.8) is 0 Å². The fraction of sp³-hybridized carbons (Fsp3) is 0.0833. The number of carbonyl (C=O) groups excluding carboxylic acids is 3. The van der Waals surface area contributed by atoms with Gasteiger partial charge in [0.1, 0.15) is 5.75 Å². The summed E-state index contributed by atoms with van der Waals surface area (Å²) >= 11 is 0. The van der Waals surface area contributed by atoms with Crippen LogP contribution in [0.3, 0.4) is 0 Å². The molecule has 0 fully saturated rings. The highest BCUT2D eigenvalue weighted by molar-refractivity contribution is 6.35. The van der Waals surface area contributed by atoms with Crippen molar-refractivity contribution in [1.29, 1.82) is 0 Å². The molecule has 8 nitrogen and oxygen atoms in total. The van der Waals surface area contributed by atoms with Crippen molar-refractivity contribution in [2.45, 2.75) is 6.54 Å². The van der Waals surface area contributed by atoms with Gasteiger partial charge in [-0.25, -0.2) is 5.43 Å². The van der Waals surface area contributed by atoms with E-state index in [2.05, 4.69) is 21.2 Å². The first-order valence-electron chi connectivity index (χ1n) is 9.83. The Bertz CT molecular complexity index is 1090. The van der Waals surface area contributed by atoms with Gasteiger partial charge in [-0.05, 0) is 35.4 Å². The summed E-state index contributed by atoms with van der Waals surface area (Å²) < 4.78 is 5.50. The molecule has 32 heavy (non-hydrogen) atoms. The molecule has 0 bridgehead atoms. The Morgan fingerprint density at radius 3 is 2.31 bits per heavy atom. The largest absolute Gasteiger partial charge is 0.484 e. The van der Waals surface area contributed by atoms with Crippen LogP contribution in [0.5, 0.6) is 5.75 Å². The van der Waals surface area contributed by atoms with E-state index in [0.717, 1.165) is 5.56 Å². The van der Waals surface area contributed by atoms with E-state index in [-0.39, 0.29) is 19.1 Å². The fourth-order valence-corrected chi connectivity index (χ4v) is 2.63. The van der Waals surface area contributed by atoms with Crippen LogP contribution < -0.4 is 20.8 Å². The molecule has 3 N–H and O–H groups in total. The molecule has 3 rings (SSSR count). The number of hydrazone groups is 1. The van der Waals surface area contributed by atoms with Gasteiger partial charge >= 0.3 is 11.8 Å². The maximum Gasteiger partial charge on any atom is 0.329 e. The molecule has 8 heteroatoms. The van der Waals surface area contributed by atoms with Gasteiger partial charge in [-0.3, -0.25) is 14.4 Å². The predicted octanol–water partition coefficient (Wildman–Crippen LogP) is 2.47. The average molecular weight is 430 g/mol. The SMILES string of the molecule is O=C(COc1cccc(/C=N\NC(=O)C(=O)NCc2ccccc2)c1)Nc1ccccc1. The van der Waals surface area contributed by atoms with Crippen LogP contribution in [0.1, 0.15) is 11.1 Å². The van der Waals surface area contributed by atoms with Crippen LogP contribution in [-0.4, -0.2) is 30.5 Å². The van der Waals surface area contributed by atoms with Gasteiger partial charge in [0.25, 0.3) is 5.91 Å². The lowest BCUT2D eigenvalue weighted by atomic mass is 10.2. The molecule has 0 aliphatic carbocycles. The number of rotatable bonds is 8. The molecule has 0 saturated heterocycles. The summed E-state index contributed by atoms with van der Waals surface area (Å²) in [5.41, 5.74) is 4.37. The summed E-state index contributed by atoms with van der Waals surface area (Å²) in [6.45, 7) is 0.0852. The zero-order valence-corrected chi connectivity index (χ0v) is 17.2. The summed E-state index contributed by atoms with van der Waals surface area (Å²) in [5, 5.41) is 9.04. The van der Waals surface area contributed by atoms with Crippen molar-refractivity contribution >= 4 is 29.6 Å². The summed E-state index contributed by atoms with van der Waals surface area (Å²) in [5.74, 6) is -1.48. The van der Waals surface area contributed by atoms with E-state index in [1.54, 1.807) is 36.4 Å². The van der Waals surface area contributed by atoms with Crippen molar-refractivity contribution in [3.05, 3.63) is 96.1 Å². The Kier molecular flexibility index (Phi) is 8.10. The third-order valence-electron chi connectivity index (χ3n) is 4.17. The van der Waals surface area contributed by atoms with Gasteiger partial charge in [0.15, 0.2) is 6.61 Å². The lowest BCUT2D eigenvalue weighted by molar-refractivity contribution is -0.139. The Morgan fingerprint density at radius 1 is 0.844 bits per heavy atom. The van der Waals surface area contributed by atoms with Gasteiger partial charge in [0.2, 0.25) is 0 Å². The minimum atomic E-state index is -0.873. The van der Waals surface area contributed by atoms with Crippen LogP contribution in [0.4, 0.5) is 5.69 Å². The number of carbonyl (C=O) groups is 3. The zero-order valence-electron chi connectivity index (χ0n) is 17.2. The predicted molar refractivity (Wildman–Crippen MR) is 121 cm³/mol.